The standard InChI is InChI=1S/C61H84IN3O21S3/c1-12-63-37-29-79-43(27-41(37)74-7)84-55-50(70)48(31(3)81-60(55)83-40-17-15-13-14-16-21-61(73)28-39(67)35(25-42(68)75-8)46(40)36(61)20-24-87-89-34-18-22-65(6)23-19-34)64-86-44-26-38(66)57(33(5)80-44)88-58(72)45-30(2)47(62)53(56(78-11)52(45)76-9)85-59-51(71)54(77-10)49(69)32(4)82-59/h13-14,20,31-34,37-38,40-41,43-44,48-51,54-55,57,59-60,63-64,66,69-71,73H,12,18-19,22-29H2,1-11H3/b14-13-,36-20+/t31-,32+,33-,37+,38+,40+,41+,43+,44+,48-,49+,50+,51-,54-,55-,57-,59+,60+,61+/m1/s1. The molecule has 5 fully saturated rings. The van der Waals surface area contributed by atoms with Gasteiger partial charge in [0.2, 0.25) is 17.2 Å². The van der Waals surface area contributed by atoms with Crippen LogP contribution in [-0.4, -0.2) is 242 Å². The fraction of sp³-hybridized carbons (Fsp3) is 0.689. The molecule has 1 aromatic carbocycles. The molecule has 8 rings (SSSR count). The number of nitrogens with zero attached hydrogens (tertiary/aromatic N) is 1. The number of fused-ring (bicyclic) bond motifs is 2. The molecule has 7 N–H and O–H groups in total. The average molecular weight is 1420 g/mol. The van der Waals surface area contributed by atoms with E-state index in [1.165, 1.54) is 40.6 Å². The second-order valence-corrected chi connectivity index (χ2v) is 27.6. The van der Waals surface area contributed by atoms with Crippen molar-refractivity contribution >= 4 is 72.8 Å². The highest BCUT2D eigenvalue weighted by Gasteiger charge is 2.52. The summed E-state index contributed by atoms with van der Waals surface area (Å²) in [4.78, 5) is 50.5. The van der Waals surface area contributed by atoms with E-state index in [0.29, 0.717) is 26.7 Å². The zero-order valence-corrected chi connectivity index (χ0v) is 56.4. The number of hydroxylamine groups is 1. The first-order valence-corrected chi connectivity index (χ1v) is 34.0. The van der Waals surface area contributed by atoms with Crippen molar-refractivity contribution in [3.05, 3.63) is 49.6 Å². The van der Waals surface area contributed by atoms with E-state index in [4.69, 9.17) is 61.7 Å². The number of nitrogens with one attached hydrogen (secondary N) is 2. The maximum Gasteiger partial charge on any atom is 0.310 e. The summed E-state index contributed by atoms with van der Waals surface area (Å²) < 4.78 is 73.2. The van der Waals surface area contributed by atoms with Crippen molar-refractivity contribution in [3.63, 3.8) is 0 Å². The number of ether oxygens (including phenoxy) is 12. The van der Waals surface area contributed by atoms with Gasteiger partial charge in [-0.2, -0.15) is 5.48 Å². The van der Waals surface area contributed by atoms with Crippen LogP contribution in [0.5, 0.6) is 17.2 Å². The van der Waals surface area contributed by atoms with Gasteiger partial charge in [0.25, 0.3) is 0 Å². The van der Waals surface area contributed by atoms with Gasteiger partial charge in [0.05, 0.1) is 97.8 Å². The minimum Gasteiger partial charge on any atom is -0.492 e. The fourth-order valence-electron chi connectivity index (χ4n) is 11.8. The molecule has 0 aromatic heterocycles. The Hall–Kier alpha value is -3.13. The van der Waals surface area contributed by atoms with Crippen LogP contribution in [0.3, 0.4) is 0 Å². The van der Waals surface area contributed by atoms with Gasteiger partial charge in [-0.05, 0) is 108 Å². The van der Waals surface area contributed by atoms with Gasteiger partial charge in [0.15, 0.2) is 41.8 Å². The molecule has 2 aliphatic carbocycles. The third-order valence-electron chi connectivity index (χ3n) is 16.8. The highest BCUT2D eigenvalue weighted by atomic mass is 127. The molecular weight excluding hydrogens is 1330 g/mol. The van der Waals surface area contributed by atoms with Crippen LogP contribution in [0.2, 0.25) is 0 Å². The molecule has 0 amide bonds. The topological polar surface area (TPSA) is 300 Å². The third-order valence-corrected chi connectivity index (χ3v) is 22.3. The maximum absolute atomic E-state index is 14.5. The number of halogens is 1. The summed E-state index contributed by atoms with van der Waals surface area (Å²) in [5, 5.41) is 61.1. The van der Waals surface area contributed by atoms with Gasteiger partial charge in [-0.15, -0.1) is 0 Å². The van der Waals surface area contributed by atoms with Crippen molar-refractivity contribution in [2.75, 3.05) is 74.6 Å². The van der Waals surface area contributed by atoms with Gasteiger partial charge < -0.3 is 92.6 Å². The van der Waals surface area contributed by atoms with E-state index in [1.54, 1.807) is 62.5 Å². The maximum atomic E-state index is 14.5. The Balaban J connectivity index is 1.02. The van der Waals surface area contributed by atoms with Crippen LogP contribution in [0.4, 0.5) is 0 Å². The average Bonchev–Trinajstić information content (AvgIpc) is 0.962. The van der Waals surface area contributed by atoms with Gasteiger partial charge in [0.1, 0.15) is 36.6 Å². The molecule has 5 heterocycles. The Labute approximate surface area is 545 Å². The lowest BCUT2D eigenvalue weighted by molar-refractivity contribution is -0.336. The first-order chi connectivity index (χ1) is 42.6. The van der Waals surface area contributed by atoms with Gasteiger partial charge in [-0.3, -0.25) is 19.2 Å². The monoisotopic (exact) mass is 1420 g/mol. The molecule has 24 nitrogen and oxygen atoms in total. The minimum atomic E-state index is -2.02. The second-order valence-electron chi connectivity index (χ2n) is 22.7. The predicted molar refractivity (Wildman–Crippen MR) is 338 cm³/mol. The molecule has 0 unspecified atom stereocenters. The molecule has 89 heavy (non-hydrogen) atoms. The van der Waals surface area contributed by atoms with Crippen LogP contribution < -0.4 is 25.0 Å². The molecule has 5 aliphatic heterocycles. The van der Waals surface area contributed by atoms with Crippen LogP contribution in [-0.2, 0) is 57.1 Å². The number of thioether (sulfide) groups is 1. The molecule has 2 bridgehead atoms. The number of hydrogen-bond acceptors (Lipinski definition) is 27. The molecule has 7 aliphatic rings. The number of aliphatic hydroxyl groups excluding tert-OH is 4. The van der Waals surface area contributed by atoms with E-state index in [2.05, 4.69) is 46.4 Å². The number of benzene rings is 1. The summed E-state index contributed by atoms with van der Waals surface area (Å²) in [7, 11) is 12.4. The largest absolute Gasteiger partial charge is 0.492 e. The summed E-state index contributed by atoms with van der Waals surface area (Å²) in [5.74, 6) is 11.1. The zero-order valence-electron chi connectivity index (χ0n) is 51.8. The molecule has 0 saturated carbocycles. The zero-order chi connectivity index (χ0) is 64.4. The molecule has 28 heteroatoms. The first-order valence-electron chi connectivity index (χ1n) is 29.6. The number of allylic oxidation sites excluding steroid dienone is 2. The highest BCUT2D eigenvalue weighted by molar-refractivity contribution is 14.1. The van der Waals surface area contributed by atoms with Crippen LogP contribution in [0.15, 0.2) is 34.9 Å². The van der Waals surface area contributed by atoms with Crippen molar-refractivity contribution in [2.24, 2.45) is 0 Å². The Bertz CT molecular complexity index is 2870. The van der Waals surface area contributed by atoms with E-state index in [0.717, 1.165) is 37.7 Å². The molecule has 494 valence electrons. The normalized spacial score (nSPS) is 36.1. The summed E-state index contributed by atoms with van der Waals surface area (Å²) in [6.07, 6.45) is -10.8. The fourth-order valence-corrected chi connectivity index (χ4v) is 16.1. The molecular formula is C61H84IN3O21S3. The number of likely N-dealkylation sites (N-methyl/N-ethyl adjacent to an activating group) is 1. The number of aliphatic hydroxyl groups is 5. The van der Waals surface area contributed by atoms with E-state index in [1.807, 2.05) is 29.5 Å². The van der Waals surface area contributed by atoms with Crippen molar-refractivity contribution in [2.45, 2.75) is 194 Å². The van der Waals surface area contributed by atoms with Gasteiger partial charge in [-0.25, -0.2) is 0 Å². The van der Waals surface area contributed by atoms with E-state index >= 15 is 0 Å². The van der Waals surface area contributed by atoms with Crippen molar-refractivity contribution < 1.29 is 102 Å². The summed E-state index contributed by atoms with van der Waals surface area (Å²) >= 11 is 2.84. The van der Waals surface area contributed by atoms with E-state index in [9.17, 15) is 39.9 Å². The molecule has 0 radical (unpaired) electrons. The SMILES string of the molecule is CCN[C@H]1CO[C@@H](O[C@H]2[C@H](O[C@H]3C#C/C=C\C#C[C@]4(O)CC(=O)C(CC(=O)OC)=C3/C4=C\CSSC3CCN(C)CC3)O[C@H](C)[C@@H](NO[C@H]3C[C@H](O)[C@H](SC(=O)c4c(C)c(I)c(O[C@@H]5O[C@@H](C)[C@H](O)[C@@H](OC)[C@H]5O)c(OC)c4OC)[C@@H](C)O3)[C@@H]2O)C[C@@H]1OC. The van der Waals surface area contributed by atoms with Gasteiger partial charge >= 0.3 is 5.97 Å². The Morgan fingerprint density at radius 2 is 1.60 bits per heavy atom. The quantitative estimate of drug-likeness (QED) is 0.0207. The number of ketones is 1. The smallest absolute Gasteiger partial charge is 0.310 e. The number of likely N-dealkylation sites (tertiary alicyclic amines) is 1. The molecule has 5 saturated heterocycles. The van der Waals surface area contributed by atoms with Crippen molar-refractivity contribution in [1.29, 1.82) is 0 Å². The lowest BCUT2D eigenvalue weighted by atomic mass is 9.72. The van der Waals surface area contributed by atoms with Crippen molar-refractivity contribution in [3.8, 4) is 40.9 Å². The lowest BCUT2D eigenvalue weighted by Gasteiger charge is -2.46. The number of Topliss-reactive ketones (excluding diaryl/α,β-unsaturated/α-hetero) is 1. The Kier molecular flexibility index (Phi) is 26.4. The third kappa shape index (κ3) is 16.9. The highest BCUT2D eigenvalue weighted by Crippen LogP contribution is 2.49. The number of rotatable bonds is 23. The van der Waals surface area contributed by atoms with E-state index in [-0.39, 0.29) is 71.1 Å². The van der Waals surface area contributed by atoms with Crippen LogP contribution in [0.1, 0.15) is 82.1 Å². The second kappa shape index (κ2) is 32.8. The Morgan fingerprint density at radius 3 is 2.27 bits per heavy atom. The number of carbonyl (C=O) groups is 3. The number of methoxy groups -OCH3 is 5. The minimum absolute atomic E-state index is 0.0136. The number of esters is 1. The first kappa shape index (κ1) is 71.7. The summed E-state index contributed by atoms with van der Waals surface area (Å²) in [5.41, 5.74) is 1.85. The Morgan fingerprint density at radius 1 is 0.876 bits per heavy atom. The lowest BCUT2D eigenvalue weighted by Crippen LogP contribution is -2.65. The predicted octanol–water partition coefficient (Wildman–Crippen LogP) is 3.26. The van der Waals surface area contributed by atoms with Gasteiger partial charge in [0, 0.05) is 54.8 Å². The van der Waals surface area contributed by atoms with E-state index < -0.39 is 133 Å². The summed E-state index contributed by atoms with van der Waals surface area (Å²) in [6, 6.07) is -1.25. The molecule has 1 aromatic rings. The number of carbonyl (C=O) groups excluding carboxylic acids is 3. The number of hydrogen-bond donors (Lipinski definition) is 7. The van der Waals surface area contributed by atoms with Crippen LogP contribution in [0.25, 0.3) is 0 Å². The van der Waals surface area contributed by atoms with Crippen molar-refractivity contribution in [1.82, 2.24) is 15.7 Å². The van der Waals surface area contributed by atoms with Crippen LogP contribution in [0, 0.1) is 34.2 Å². The molecule has 19 atom stereocenters. The van der Waals surface area contributed by atoms with Crippen LogP contribution >= 0.6 is 55.9 Å². The summed E-state index contributed by atoms with van der Waals surface area (Å²) in [6.45, 7) is 11.4. The van der Waals surface area contributed by atoms with Gasteiger partial charge in [-0.1, -0.05) is 70.0 Å². The molecule has 0 spiro atoms. The number of piperidine rings is 1.